The van der Waals surface area contributed by atoms with Crippen LogP contribution in [0.15, 0.2) is 0 Å². The molecule has 0 saturated carbocycles. The fraction of sp³-hybridized carbons (Fsp3) is 0.667. The number of amides is 1. The van der Waals surface area contributed by atoms with Crippen molar-refractivity contribution in [3.05, 3.63) is 11.4 Å². The summed E-state index contributed by atoms with van der Waals surface area (Å²) in [5, 5.41) is 6.78. The van der Waals surface area contributed by atoms with Crippen molar-refractivity contribution in [1.82, 2.24) is 15.0 Å². The molecule has 1 amide bonds. The molecule has 0 aliphatic heterocycles. The maximum absolute atomic E-state index is 12.8. The molecule has 1 heterocycles. The molecule has 1 rings (SSSR count). The van der Waals surface area contributed by atoms with Gasteiger partial charge in [0.1, 0.15) is 5.69 Å². The molecule has 96 valence electrons. The summed E-state index contributed by atoms with van der Waals surface area (Å²) >= 11 is 0. The third-order valence-corrected chi connectivity index (χ3v) is 1.95. The first-order valence-corrected chi connectivity index (χ1v) is 4.99. The van der Waals surface area contributed by atoms with Crippen LogP contribution in [0.25, 0.3) is 0 Å². The molecule has 0 aliphatic rings. The first-order valence-electron chi connectivity index (χ1n) is 4.99. The fourth-order valence-corrected chi connectivity index (χ4v) is 1.42. The Labute approximate surface area is 95.8 Å². The van der Waals surface area contributed by atoms with E-state index < -0.39 is 29.9 Å². The van der Waals surface area contributed by atoms with Crippen LogP contribution in [0.3, 0.4) is 0 Å². The zero-order chi connectivity index (χ0) is 13.2. The van der Waals surface area contributed by atoms with Gasteiger partial charge in [0, 0.05) is 6.54 Å². The lowest BCUT2D eigenvalue weighted by molar-refractivity contribution is -0.145. The van der Waals surface area contributed by atoms with Gasteiger partial charge in [0.2, 0.25) is 5.91 Å². The predicted octanol–water partition coefficient (Wildman–Crippen LogP) is 0.981. The Hall–Kier alpha value is -1.60. The Balaban J connectivity index is 3.15. The molecule has 8 heteroatoms. The number of carbonyl (C=O) groups excluding carboxylic acids is 1. The van der Waals surface area contributed by atoms with Crippen LogP contribution < -0.4 is 5.73 Å². The van der Waals surface area contributed by atoms with E-state index in [1.54, 1.807) is 13.8 Å². The normalized spacial score (nSPS) is 12.1. The third kappa shape index (κ3) is 3.43. The molecule has 0 spiro atoms. The zero-order valence-electron chi connectivity index (χ0n) is 9.45. The second kappa shape index (κ2) is 4.72. The van der Waals surface area contributed by atoms with Crippen molar-refractivity contribution in [2.24, 2.45) is 11.7 Å². The minimum absolute atomic E-state index is 0.0146. The number of aromatic nitrogens is 3. The molecule has 0 aromatic carbocycles. The van der Waals surface area contributed by atoms with Gasteiger partial charge < -0.3 is 5.73 Å². The van der Waals surface area contributed by atoms with E-state index in [4.69, 9.17) is 5.73 Å². The Morgan fingerprint density at radius 1 is 1.47 bits per heavy atom. The summed E-state index contributed by atoms with van der Waals surface area (Å²) in [6, 6.07) is 0. The molecule has 1 aromatic rings. The predicted molar refractivity (Wildman–Crippen MR) is 52.8 cm³/mol. The number of primary amides is 1. The van der Waals surface area contributed by atoms with Crippen LogP contribution in [0.1, 0.15) is 25.2 Å². The van der Waals surface area contributed by atoms with Crippen molar-refractivity contribution < 1.29 is 18.0 Å². The van der Waals surface area contributed by atoms with Crippen molar-refractivity contribution in [3.63, 3.8) is 0 Å². The van der Waals surface area contributed by atoms with Crippen molar-refractivity contribution in [2.75, 3.05) is 0 Å². The standard InChI is InChI=1S/C9H13F3N4O/c1-5(2)4-16-8(9(10,11)12)6(14-15-16)3-7(13)17/h5H,3-4H2,1-2H3,(H2,13,17). The van der Waals surface area contributed by atoms with Crippen molar-refractivity contribution in [2.45, 2.75) is 33.0 Å². The molecular weight excluding hydrogens is 237 g/mol. The topological polar surface area (TPSA) is 73.8 Å². The number of alkyl halides is 3. The summed E-state index contributed by atoms with van der Waals surface area (Å²) < 4.78 is 39.1. The van der Waals surface area contributed by atoms with Crippen LogP contribution in [-0.4, -0.2) is 20.9 Å². The summed E-state index contributed by atoms with van der Waals surface area (Å²) in [6.07, 6.45) is -5.16. The Morgan fingerprint density at radius 2 is 2.06 bits per heavy atom. The van der Waals surface area contributed by atoms with Gasteiger partial charge >= 0.3 is 6.18 Å². The highest BCUT2D eigenvalue weighted by Crippen LogP contribution is 2.31. The summed E-state index contributed by atoms with van der Waals surface area (Å²) in [4.78, 5) is 10.7. The van der Waals surface area contributed by atoms with Gasteiger partial charge in [-0.15, -0.1) is 5.10 Å². The first-order chi connectivity index (χ1) is 7.71. The van der Waals surface area contributed by atoms with E-state index in [2.05, 4.69) is 10.3 Å². The van der Waals surface area contributed by atoms with Gasteiger partial charge in [0.05, 0.1) is 6.42 Å². The SMILES string of the molecule is CC(C)Cn1nnc(CC(N)=O)c1C(F)(F)F. The van der Waals surface area contributed by atoms with Gasteiger partial charge in [0.15, 0.2) is 5.69 Å². The summed E-state index contributed by atoms with van der Waals surface area (Å²) in [7, 11) is 0. The van der Waals surface area contributed by atoms with Crippen LogP contribution >= 0.6 is 0 Å². The molecule has 0 radical (unpaired) electrons. The number of rotatable bonds is 4. The molecule has 0 fully saturated rings. The lowest BCUT2D eigenvalue weighted by Crippen LogP contribution is -2.21. The van der Waals surface area contributed by atoms with E-state index in [1.165, 1.54) is 0 Å². The molecular formula is C9H13F3N4O. The van der Waals surface area contributed by atoms with Gasteiger partial charge in [0.25, 0.3) is 0 Å². The van der Waals surface area contributed by atoms with E-state index >= 15 is 0 Å². The second-order valence-corrected chi connectivity index (χ2v) is 4.10. The van der Waals surface area contributed by atoms with Crippen LogP contribution in [0.2, 0.25) is 0 Å². The van der Waals surface area contributed by atoms with Gasteiger partial charge in [-0.25, -0.2) is 4.68 Å². The van der Waals surface area contributed by atoms with E-state index in [0.29, 0.717) is 0 Å². The van der Waals surface area contributed by atoms with Crippen LogP contribution in [0.4, 0.5) is 13.2 Å². The monoisotopic (exact) mass is 250 g/mol. The molecule has 0 saturated heterocycles. The van der Waals surface area contributed by atoms with E-state index in [9.17, 15) is 18.0 Å². The number of halogens is 3. The van der Waals surface area contributed by atoms with Crippen LogP contribution in [0, 0.1) is 5.92 Å². The first kappa shape index (κ1) is 13.5. The number of hydrogen-bond acceptors (Lipinski definition) is 3. The number of nitrogens with zero attached hydrogens (tertiary/aromatic N) is 3. The number of nitrogens with two attached hydrogens (primary N) is 1. The van der Waals surface area contributed by atoms with Gasteiger partial charge in [-0.1, -0.05) is 19.1 Å². The lowest BCUT2D eigenvalue weighted by Gasteiger charge is -2.12. The van der Waals surface area contributed by atoms with Gasteiger partial charge in [-0.3, -0.25) is 4.79 Å². The molecule has 0 aliphatic carbocycles. The quantitative estimate of drug-likeness (QED) is 0.865. The molecule has 17 heavy (non-hydrogen) atoms. The molecule has 0 bridgehead atoms. The highest BCUT2D eigenvalue weighted by molar-refractivity contribution is 5.76. The van der Waals surface area contributed by atoms with Crippen molar-refractivity contribution >= 4 is 5.91 Å². The second-order valence-electron chi connectivity index (χ2n) is 4.10. The Bertz CT molecular complexity index is 411. The van der Waals surface area contributed by atoms with Gasteiger partial charge in [-0.05, 0) is 5.92 Å². The summed E-state index contributed by atoms with van der Waals surface area (Å²) in [6.45, 7) is 3.60. The largest absolute Gasteiger partial charge is 0.434 e. The zero-order valence-corrected chi connectivity index (χ0v) is 9.45. The van der Waals surface area contributed by atoms with Crippen molar-refractivity contribution in [3.8, 4) is 0 Å². The molecule has 5 nitrogen and oxygen atoms in total. The number of hydrogen-bond donors (Lipinski definition) is 1. The third-order valence-electron chi connectivity index (χ3n) is 1.95. The molecule has 1 aromatic heterocycles. The molecule has 2 N–H and O–H groups in total. The van der Waals surface area contributed by atoms with E-state index in [-0.39, 0.29) is 12.5 Å². The molecule has 0 unspecified atom stereocenters. The Morgan fingerprint density at radius 3 is 2.47 bits per heavy atom. The Kier molecular flexibility index (Phi) is 3.74. The average molecular weight is 250 g/mol. The van der Waals surface area contributed by atoms with Crippen LogP contribution in [0.5, 0.6) is 0 Å². The minimum Gasteiger partial charge on any atom is -0.369 e. The lowest BCUT2D eigenvalue weighted by atomic mass is 10.2. The summed E-state index contributed by atoms with van der Waals surface area (Å²) in [5.74, 6) is -0.883. The highest BCUT2D eigenvalue weighted by atomic mass is 19.4. The maximum Gasteiger partial charge on any atom is 0.434 e. The van der Waals surface area contributed by atoms with Gasteiger partial charge in [-0.2, -0.15) is 13.2 Å². The average Bonchev–Trinajstić information content (AvgIpc) is 2.44. The molecule has 0 atom stereocenters. The summed E-state index contributed by atoms with van der Waals surface area (Å²) in [5.41, 5.74) is 3.44. The highest BCUT2D eigenvalue weighted by Gasteiger charge is 2.39. The van der Waals surface area contributed by atoms with E-state index in [1.807, 2.05) is 0 Å². The fourth-order valence-electron chi connectivity index (χ4n) is 1.42. The minimum atomic E-state index is -4.59. The van der Waals surface area contributed by atoms with Crippen molar-refractivity contribution in [1.29, 1.82) is 0 Å². The van der Waals surface area contributed by atoms with Crippen LogP contribution in [-0.2, 0) is 23.9 Å². The smallest absolute Gasteiger partial charge is 0.369 e. The van der Waals surface area contributed by atoms with E-state index in [0.717, 1.165) is 4.68 Å². The number of carbonyl (C=O) groups is 1. The maximum atomic E-state index is 12.8.